The lowest BCUT2D eigenvalue weighted by molar-refractivity contribution is 0.152. The number of hydrogen-bond acceptors (Lipinski definition) is 5. The summed E-state index contributed by atoms with van der Waals surface area (Å²) in [5.74, 6) is 0. The van der Waals surface area contributed by atoms with E-state index in [4.69, 9.17) is 4.84 Å². The molecule has 1 heterocycles. The van der Waals surface area contributed by atoms with Gasteiger partial charge in [-0.1, -0.05) is 19.0 Å². The zero-order valence-electron chi connectivity index (χ0n) is 11.6. The van der Waals surface area contributed by atoms with Gasteiger partial charge < -0.3 is 5.32 Å². The summed E-state index contributed by atoms with van der Waals surface area (Å²) in [5, 5.41) is 8.66. The SMILES string of the molecule is CNC(=O)O/N=C1\CC(C)(C)Cc2csc(SC)c21. The minimum absolute atomic E-state index is 0.147. The Hall–Kier alpha value is -1.01. The standard InChI is InChI=1S/C13H18N2O2S2/c1-13(2)5-8-7-19-11(18-4)10(8)9(6-13)15-17-12(16)14-3/h7H,5-6H2,1-4H3,(H,14,16)/b15-9+. The minimum atomic E-state index is -0.529. The first-order valence-electron chi connectivity index (χ1n) is 6.07. The molecule has 6 heteroatoms. The molecule has 0 saturated carbocycles. The van der Waals surface area contributed by atoms with E-state index < -0.39 is 6.09 Å². The van der Waals surface area contributed by atoms with E-state index >= 15 is 0 Å². The van der Waals surface area contributed by atoms with Gasteiger partial charge in [0.2, 0.25) is 0 Å². The molecule has 104 valence electrons. The number of nitrogens with one attached hydrogen (secondary N) is 1. The lowest BCUT2D eigenvalue weighted by atomic mass is 9.75. The van der Waals surface area contributed by atoms with Crippen molar-refractivity contribution in [2.45, 2.75) is 30.9 Å². The van der Waals surface area contributed by atoms with Gasteiger partial charge in [-0.2, -0.15) is 0 Å². The molecule has 0 atom stereocenters. The summed E-state index contributed by atoms with van der Waals surface area (Å²) in [6.07, 6.45) is 3.39. The molecule has 0 aromatic carbocycles. The Morgan fingerprint density at radius 1 is 1.53 bits per heavy atom. The topological polar surface area (TPSA) is 50.7 Å². The average molecular weight is 298 g/mol. The van der Waals surface area contributed by atoms with Crippen LogP contribution in [0.25, 0.3) is 0 Å². The largest absolute Gasteiger partial charge is 0.433 e. The van der Waals surface area contributed by atoms with Crippen LogP contribution in [0.1, 0.15) is 31.4 Å². The zero-order chi connectivity index (χ0) is 14.0. The van der Waals surface area contributed by atoms with Crippen LogP contribution in [-0.2, 0) is 11.3 Å². The molecule has 2 rings (SSSR count). The summed E-state index contributed by atoms with van der Waals surface area (Å²) in [6.45, 7) is 4.42. The summed E-state index contributed by atoms with van der Waals surface area (Å²) in [7, 11) is 1.52. The first kappa shape index (κ1) is 14.4. The highest BCUT2D eigenvalue weighted by Crippen LogP contribution is 2.42. The van der Waals surface area contributed by atoms with Crippen LogP contribution in [0.3, 0.4) is 0 Å². The van der Waals surface area contributed by atoms with Gasteiger partial charge in [-0.25, -0.2) is 4.79 Å². The molecule has 1 aromatic heterocycles. The number of thiophene rings is 1. The Kier molecular flexibility index (Phi) is 4.20. The van der Waals surface area contributed by atoms with Crippen molar-refractivity contribution in [1.82, 2.24) is 5.32 Å². The smallest absolute Gasteiger partial charge is 0.323 e. The second-order valence-electron chi connectivity index (χ2n) is 5.31. The Balaban J connectivity index is 2.37. The van der Waals surface area contributed by atoms with Gasteiger partial charge in [0.25, 0.3) is 0 Å². The van der Waals surface area contributed by atoms with Crippen LogP contribution in [0.2, 0.25) is 0 Å². The van der Waals surface area contributed by atoms with E-state index in [9.17, 15) is 4.79 Å². The maximum atomic E-state index is 11.2. The molecule has 1 aliphatic carbocycles. The van der Waals surface area contributed by atoms with Crippen molar-refractivity contribution in [1.29, 1.82) is 0 Å². The van der Waals surface area contributed by atoms with Crippen LogP contribution in [0.15, 0.2) is 14.7 Å². The van der Waals surface area contributed by atoms with Gasteiger partial charge in [-0.05, 0) is 35.5 Å². The highest BCUT2D eigenvalue weighted by molar-refractivity contribution is 8.00. The number of fused-ring (bicyclic) bond motifs is 1. The van der Waals surface area contributed by atoms with E-state index in [0.717, 1.165) is 18.6 Å². The van der Waals surface area contributed by atoms with Crippen molar-refractivity contribution in [3.8, 4) is 0 Å². The summed E-state index contributed by atoms with van der Waals surface area (Å²) in [6, 6.07) is 0. The zero-order valence-corrected chi connectivity index (χ0v) is 13.2. The van der Waals surface area contributed by atoms with Crippen LogP contribution in [0.5, 0.6) is 0 Å². The van der Waals surface area contributed by atoms with Crippen molar-refractivity contribution in [2.24, 2.45) is 10.6 Å². The van der Waals surface area contributed by atoms with E-state index in [2.05, 4.69) is 36.0 Å². The second-order valence-corrected chi connectivity index (χ2v) is 7.27. The number of carbonyl (C=O) groups is 1. The van der Waals surface area contributed by atoms with Crippen molar-refractivity contribution >= 4 is 34.9 Å². The van der Waals surface area contributed by atoms with Crippen molar-refractivity contribution in [3.05, 3.63) is 16.5 Å². The number of nitrogens with zero attached hydrogens (tertiary/aromatic N) is 1. The van der Waals surface area contributed by atoms with Crippen LogP contribution in [-0.4, -0.2) is 25.1 Å². The van der Waals surface area contributed by atoms with Gasteiger partial charge in [0.15, 0.2) is 0 Å². The Morgan fingerprint density at radius 2 is 2.26 bits per heavy atom. The van der Waals surface area contributed by atoms with Crippen LogP contribution in [0.4, 0.5) is 4.79 Å². The highest BCUT2D eigenvalue weighted by atomic mass is 32.2. The third-order valence-electron chi connectivity index (χ3n) is 3.07. The minimum Gasteiger partial charge on any atom is -0.323 e. The first-order chi connectivity index (χ1) is 8.96. The fraction of sp³-hybridized carbons (Fsp3) is 0.538. The molecule has 0 fully saturated rings. The number of amides is 1. The van der Waals surface area contributed by atoms with E-state index in [-0.39, 0.29) is 5.41 Å². The average Bonchev–Trinajstić information content (AvgIpc) is 2.76. The molecular weight excluding hydrogens is 280 g/mol. The van der Waals surface area contributed by atoms with Gasteiger partial charge in [0, 0.05) is 12.6 Å². The number of oxime groups is 1. The number of rotatable bonds is 2. The van der Waals surface area contributed by atoms with Crippen LogP contribution < -0.4 is 5.32 Å². The van der Waals surface area contributed by atoms with Gasteiger partial charge in [-0.3, -0.25) is 4.84 Å². The molecule has 0 saturated heterocycles. The van der Waals surface area contributed by atoms with Gasteiger partial charge in [0.05, 0.1) is 9.92 Å². The molecule has 0 spiro atoms. The molecule has 19 heavy (non-hydrogen) atoms. The van der Waals surface area contributed by atoms with E-state index in [1.807, 2.05) is 0 Å². The summed E-state index contributed by atoms with van der Waals surface area (Å²) in [4.78, 5) is 16.1. The maximum absolute atomic E-state index is 11.2. The van der Waals surface area contributed by atoms with Gasteiger partial charge in [-0.15, -0.1) is 23.1 Å². The molecule has 1 amide bonds. The Bertz CT molecular complexity index is 521. The highest BCUT2D eigenvalue weighted by Gasteiger charge is 2.32. The summed E-state index contributed by atoms with van der Waals surface area (Å²) >= 11 is 3.45. The molecular formula is C13H18N2O2S2. The van der Waals surface area contributed by atoms with Crippen molar-refractivity contribution in [2.75, 3.05) is 13.3 Å². The molecule has 1 aliphatic rings. The lowest BCUT2D eigenvalue weighted by Gasteiger charge is -2.30. The van der Waals surface area contributed by atoms with E-state index in [1.54, 1.807) is 23.1 Å². The van der Waals surface area contributed by atoms with Crippen LogP contribution >= 0.6 is 23.1 Å². The van der Waals surface area contributed by atoms with Crippen molar-refractivity contribution in [3.63, 3.8) is 0 Å². The molecule has 1 aromatic rings. The number of thioether (sulfide) groups is 1. The Morgan fingerprint density at radius 3 is 2.89 bits per heavy atom. The van der Waals surface area contributed by atoms with Gasteiger partial charge >= 0.3 is 6.09 Å². The maximum Gasteiger partial charge on any atom is 0.433 e. The second kappa shape index (κ2) is 5.54. The normalized spacial score (nSPS) is 19.1. The third kappa shape index (κ3) is 3.12. The fourth-order valence-electron chi connectivity index (χ4n) is 2.30. The fourth-order valence-corrected chi connectivity index (χ4v) is 4.10. The van der Waals surface area contributed by atoms with E-state index in [0.29, 0.717) is 0 Å². The van der Waals surface area contributed by atoms with Crippen molar-refractivity contribution < 1.29 is 9.63 Å². The number of hydrogen-bond donors (Lipinski definition) is 1. The van der Waals surface area contributed by atoms with E-state index in [1.165, 1.54) is 22.4 Å². The third-order valence-corrected chi connectivity index (χ3v) is 5.25. The molecule has 0 aliphatic heterocycles. The van der Waals surface area contributed by atoms with Gasteiger partial charge in [0.1, 0.15) is 0 Å². The predicted octanol–water partition coefficient (Wildman–Crippen LogP) is 3.50. The predicted molar refractivity (Wildman–Crippen MR) is 80.3 cm³/mol. The molecule has 0 unspecified atom stereocenters. The monoisotopic (exact) mass is 298 g/mol. The molecule has 0 bridgehead atoms. The molecule has 4 nitrogen and oxygen atoms in total. The molecule has 1 N–H and O–H groups in total. The Labute approximate surface area is 121 Å². The summed E-state index contributed by atoms with van der Waals surface area (Å²) < 4.78 is 1.24. The lowest BCUT2D eigenvalue weighted by Crippen LogP contribution is -2.27. The number of carbonyl (C=O) groups excluding carboxylic acids is 1. The van der Waals surface area contributed by atoms with Crippen LogP contribution in [0, 0.1) is 5.41 Å². The first-order valence-corrected chi connectivity index (χ1v) is 8.17. The summed E-state index contributed by atoms with van der Waals surface area (Å²) in [5.41, 5.74) is 3.50. The molecule has 0 radical (unpaired) electrons. The quantitative estimate of drug-likeness (QED) is 0.516.